The number of thioether (sulfide) groups is 2. The van der Waals surface area contributed by atoms with Gasteiger partial charge in [0.15, 0.2) is 5.13 Å². The van der Waals surface area contributed by atoms with E-state index in [1.54, 1.807) is 10.6 Å². The Morgan fingerprint density at radius 1 is 1.45 bits per heavy atom. The minimum absolute atomic E-state index is 0.0295. The highest BCUT2D eigenvalue weighted by Crippen LogP contribution is 2.44. The molecule has 3 atom stereocenters. The van der Waals surface area contributed by atoms with Crippen LogP contribution in [0.2, 0.25) is 0 Å². The molecular formula is C20H25N10O5S3+. The minimum Gasteiger partial charge on any atom is -0.481 e. The summed E-state index contributed by atoms with van der Waals surface area (Å²) in [5, 5.41) is 16.6. The third-order valence-electron chi connectivity index (χ3n) is 5.79. The Morgan fingerprint density at radius 3 is 2.84 bits per heavy atom. The molecule has 2 aliphatic rings. The maximum absolute atomic E-state index is 13.0. The highest BCUT2D eigenvalue weighted by atomic mass is 32.2. The van der Waals surface area contributed by atoms with Crippen LogP contribution < -0.4 is 27.1 Å². The third kappa shape index (κ3) is 5.18. The summed E-state index contributed by atoms with van der Waals surface area (Å²) in [5.74, 6) is -1.34. The molecule has 2 aromatic rings. The van der Waals surface area contributed by atoms with Crippen molar-refractivity contribution in [3.05, 3.63) is 24.5 Å². The van der Waals surface area contributed by atoms with Gasteiger partial charge < -0.3 is 37.4 Å². The van der Waals surface area contributed by atoms with Crippen LogP contribution in [0.5, 0.6) is 0 Å². The molecule has 15 nitrogen and oxygen atoms in total. The van der Waals surface area contributed by atoms with Crippen molar-refractivity contribution < 1.29 is 28.9 Å². The first-order valence-corrected chi connectivity index (χ1v) is 13.8. The van der Waals surface area contributed by atoms with Crippen molar-refractivity contribution in [3.8, 4) is 0 Å². The van der Waals surface area contributed by atoms with Gasteiger partial charge >= 0.3 is 11.1 Å². The molecule has 2 amide bonds. The Labute approximate surface area is 229 Å². The maximum atomic E-state index is 13.0. The number of rotatable bonds is 10. The first-order valence-electron chi connectivity index (χ1n) is 11.0. The number of fused-ring (bicyclic) bond motifs is 1. The number of anilines is 3. The first kappa shape index (κ1) is 27.4. The molecule has 2 aromatic heterocycles. The van der Waals surface area contributed by atoms with Crippen molar-refractivity contribution in [1.29, 1.82) is 0 Å². The quantitative estimate of drug-likeness (QED) is 0.0421. The molecule has 4 heterocycles. The van der Waals surface area contributed by atoms with Crippen molar-refractivity contribution in [2.45, 2.75) is 23.1 Å². The predicted octanol–water partition coefficient (Wildman–Crippen LogP) is -1.23. The van der Waals surface area contributed by atoms with Crippen LogP contribution in [0.15, 0.2) is 29.0 Å². The van der Waals surface area contributed by atoms with Gasteiger partial charge in [0, 0.05) is 29.6 Å². The number of allylic oxidation sites excluding steroid dienone is 1. The van der Waals surface area contributed by atoms with Crippen LogP contribution in [0, 0.1) is 5.41 Å². The zero-order valence-corrected chi connectivity index (χ0v) is 22.5. The second-order valence-corrected chi connectivity index (χ2v) is 11.2. The lowest BCUT2D eigenvalue weighted by Gasteiger charge is -2.53. The SMILES string of the molecule is C=CC[n+]1c(N)cc(N)nc1SCC1(C(=O)O)CS[C@@H]2C(NC(=O)C(=NOC)c3nsc(N)n3)C(=O)N2C1. The fourth-order valence-corrected chi connectivity index (χ4v) is 7.22. The van der Waals surface area contributed by atoms with Crippen LogP contribution in [0.25, 0.3) is 0 Å². The number of carbonyl (C=O) groups is 3. The predicted molar refractivity (Wildman–Crippen MR) is 142 cm³/mol. The number of hydrogen-bond acceptors (Lipinski definition) is 14. The second kappa shape index (κ2) is 11.0. The molecule has 8 N–H and O–H groups in total. The Hall–Kier alpha value is -3.64. The molecule has 0 saturated carbocycles. The number of β-lactam (4-membered cyclic amide) rings is 1. The van der Waals surface area contributed by atoms with Crippen LogP contribution in [0.3, 0.4) is 0 Å². The Bertz CT molecular complexity index is 1320. The van der Waals surface area contributed by atoms with Gasteiger partial charge in [0.05, 0.1) is 12.6 Å². The van der Waals surface area contributed by atoms with E-state index in [2.05, 4.69) is 31.4 Å². The molecule has 0 aliphatic carbocycles. The number of aromatic nitrogens is 4. The number of nitrogen functional groups attached to an aromatic ring is 3. The van der Waals surface area contributed by atoms with Gasteiger partial charge in [0.2, 0.25) is 29.1 Å². The number of carboxylic acid groups (broad SMARTS) is 1. The van der Waals surface area contributed by atoms with Crippen LogP contribution in [0.4, 0.5) is 16.8 Å². The van der Waals surface area contributed by atoms with Crippen molar-refractivity contribution >= 4 is 75.3 Å². The lowest BCUT2D eigenvalue weighted by Crippen LogP contribution is -2.74. The van der Waals surface area contributed by atoms with E-state index in [1.165, 1.54) is 41.6 Å². The van der Waals surface area contributed by atoms with E-state index in [0.29, 0.717) is 17.5 Å². The van der Waals surface area contributed by atoms with E-state index in [0.717, 1.165) is 11.5 Å². The van der Waals surface area contributed by atoms with Gasteiger partial charge in [-0.25, -0.2) is 4.57 Å². The lowest BCUT2D eigenvalue weighted by molar-refractivity contribution is -0.713. The highest BCUT2D eigenvalue weighted by Gasteiger charge is 2.57. The molecule has 18 heteroatoms. The first-order chi connectivity index (χ1) is 18.1. The molecule has 0 aromatic carbocycles. The van der Waals surface area contributed by atoms with Crippen molar-refractivity contribution in [2.24, 2.45) is 10.6 Å². The average molecular weight is 582 g/mol. The van der Waals surface area contributed by atoms with E-state index < -0.39 is 34.6 Å². The van der Waals surface area contributed by atoms with Crippen molar-refractivity contribution in [1.82, 2.24) is 24.6 Å². The minimum atomic E-state index is -1.27. The molecule has 0 radical (unpaired) electrons. The summed E-state index contributed by atoms with van der Waals surface area (Å²) in [6.07, 6.45) is 1.64. The van der Waals surface area contributed by atoms with E-state index >= 15 is 0 Å². The van der Waals surface area contributed by atoms with Gasteiger partial charge in [-0.3, -0.25) is 14.4 Å². The van der Waals surface area contributed by atoms with E-state index in [1.807, 2.05) is 0 Å². The number of nitrogens with zero attached hydrogens (tertiary/aromatic N) is 6. The fraction of sp³-hybridized carbons (Fsp3) is 0.400. The zero-order chi connectivity index (χ0) is 27.6. The molecular weight excluding hydrogens is 556 g/mol. The number of nitrogens with two attached hydrogens (primary N) is 3. The molecule has 2 unspecified atom stereocenters. The number of carboxylic acids is 1. The number of carbonyl (C=O) groups excluding carboxylic acids is 2. The molecule has 0 spiro atoms. The van der Waals surface area contributed by atoms with Gasteiger partial charge in [-0.1, -0.05) is 34.6 Å². The summed E-state index contributed by atoms with van der Waals surface area (Å²) in [5.41, 5.74) is 16.0. The number of amides is 2. The number of aliphatic carboxylic acids is 1. The monoisotopic (exact) mass is 581 g/mol. The molecule has 38 heavy (non-hydrogen) atoms. The zero-order valence-electron chi connectivity index (χ0n) is 20.1. The number of oxime groups is 1. The van der Waals surface area contributed by atoms with Gasteiger partial charge in [0.1, 0.15) is 23.9 Å². The highest BCUT2D eigenvalue weighted by molar-refractivity contribution is 8.00. The molecule has 0 bridgehead atoms. The van der Waals surface area contributed by atoms with Crippen molar-refractivity contribution in [2.75, 3.05) is 42.4 Å². The summed E-state index contributed by atoms with van der Waals surface area (Å²) >= 11 is 3.34. The fourth-order valence-electron chi connectivity index (χ4n) is 3.89. The van der Waals surface area contributed by atoms with Crippen LogP contribution >= 0.6 is 35.1 Å². The third-order valence-corrected chi connectivity index (χ3v) is 9.19. The molecule has 2 fully saturated rings. The Kier molecular flexibility index (Phi) is 7.93. The summed E-state index contributed by atoms with van der Waals surface area (Å²) in [6.45, 7) is 4.03. The smallest absolute Gasteiger partial charge is 0.313 e. The van der Waals surface area contributed by atoms with Crippen LogP contribution in [-0.2, 0) is 25.8 Å². The lowest BCUT2D eigenvalue weighted by atomic mass is 9.89. The summed E-state index contributed by atoms with van der Waals surface area (Å²) in [7, 11) is 1.26. The van der Waals surface area contributed by atoms with Crippen LogP contribution in [-0.4, -0.2) is 84.4 Å². The molecule has 2 saturated heterocycles. The van der Waals surface area contributed by atoms with Gasteiger partial charge in [-0.2, -0.15) is 9.36 Å². The van der Waals surface area contributed by atoms with Crippen LogP contribution in [0.1, 0.15) is 5.82 Å². The number of nitrogens with one attached hydrogen (secondary N) is 1. The standard InChI is InChI=1S/C20H24N10O5S3/c1-3-4-29-10(22)5-9(21)24-19(29)37-8-20(17(33)34)6-30-15(32)12(16(30)36-7-20)25-14(31)11(27-35-2)13-26-18(23)38-28-13/h3,5,12,16H,1,4,6-8H2,2H3,(H7,21,22,23,25,26,28,31,33,34)/p+1/t12?,16-,20?/m1/s1. The van der Waals surface area contributed by atoms with E-state index in [4.69, 9.17) is 22.0 Å². The molecule has 2 aliphatic heterocycles. The maximum Gasteiger partial charge on any atom is 0.313 e. The normalized spacial score (nSPS) is 22.8. The van der Waals surface area contributed by atoms with Gasteiger partial charge in [-0.15, -0.1) is 11.8 Å². The summed E-state index contributed by atoms with van der Waals surface area (Å²) < 4.78 is 5.63. The number of hydrogen-bond donors (Lipinski definition) is 5. The van der Waals surface area contributed by atoms with E-state index in [9.17, 15) is 19.5 Å². The summed E-state index contributed by atoms with van der Waals surface area (Å²) in [6, 6.07) is 0.631. The topological polar surface area (TPSA) is 229 Å². The molecule has 202 valence electrons. The van der Waals surface area contributed by atoms with Crippen molar-refractivity contribution in [3.63, 3.8) is 0 Å². The Balaban J connectivity index is 1.46. The summed E-state index contributed by atoms with van der Waals surface area (Å²) in [4.78, 5) is 52.7. The van der Waals surface area contributed by atoms with E-state index in [-0.39, 0.29) is 40.5 Å². The van der Waals surface area contributed by atoms with Gasteiger partial charge in [-0.05, 0) is 0 Å². The average Bonchev–Trinajstić information content (AvgIpc) is 3.31. The van der Waals surface area contributed by atoms with Gasteiger partial charge in [0.25, 0.3) is 5.91 Å². The Morgan fingerprint density at radius 2 is 2.21 bits per heavy atom. The second-order valence-electron chi connectivity index (χ2n) is 8.36. The molecule has 4 rings (SSSR count). The largest absolute Gasteiger partial charge is 0.481 e.